The second kappa shape index (κ2) is 12.2. The molecule has 1 heterocycles. The molecule has 156 valence electrons. The molecule has 7 nitrogen and oxygen atoms in total. The molecule has 1 saturated heterocycles. The Kier molecular flexibility index (Phi) is 9.91. The SMILES string of the molecule is CC1CCCCC1NC(=NCC(=O)N(C)C)NCCCOCC1CCOC1. The number of guanidine groups is 1. The third-order valence-corrected chi connectivity index (χ3v) is 5.44. The number of nitrogens with one attached hydrogen (secondary N) is 2. The molecule has 2 rings (SSSR count). The van der Waals surface area contributed by atoms with E-state index in [0.29, 0.717) is 17.9 Å². The van der Waals surface area contributed by atoms with Crippen LogP contribution in [0.4, 0.5) is 0 Å². The van der Waals surface area contributed by atoms with Crippen LogP contribution in [0.5, 0.6) is 0 Å². The zero-order chi connectivity index (χ0) is 19.5. The Hall–Kier alpha value is -1.34. The third kappa shape index (κ3) is 8.47. The van der Waals surface area contributed by atoms with E-state index in [2.05, 4.69) is 22.5 Å². The third-order valence-electron chi connectivity index (χ3n) is 5.44. The van der Waals surface area contributed by atoms with Gasteiger partial charge >= 0.3 is 0 Å². The van der Waals surface area contributed by atoms with Gasteiger partial charge in [-0.15, -0.1) is 0 Å². The minimum absolute atomic E-state index is 0.00917. The molecule has 27 heavy (non-hydrogen) atoms. The van der Waals surface area contributed by atoms with Gasteiger partial charge in [0.2, 0.25) is 5.91 Å². The summed E-state index contributed by atoms with van der Waals surface area (Å²) in [5.74, 6) is 1.94. The summed E-state index contributed by atoms with van der Waals surface area (Å²) in [6.07, 6.45) is 7.00. The molecule has 0 aromatic rings. The van der Waals surface area contributed by atoms with Crippen molar-refractivity contribution < 1.29 is 14.3 Å². The van der Waals surface area contributed by atoms with E-state index in [1.165, 1.54) is 19.3 Å². The highest BCUT2D eigenvalue weighted by molar-refractivity contribution is 5.84. The highest BCUT2D eigenvalue weighted by atomic mass is 16.5. The number of rotatable bonds is 9. The summed E-state index contributed by atoms with van der Waals surface area (Å²) in [6.45, 7) is 6.46. The molecule has 0 spiro atoms. The van der Waals surface area contributed by atoms with Gasteiger partial charge < -0.3 is 25.0 Å². The molecule has 0 radical (unpaired) electrons. The molecule has 3 atom stereocenters. The summed E-state index contributed by atoms with van der Waals surface area (Å²) in [7, 11) is 3.52. The lowest BCUT2D eigenvalue weighted by molar-refractivity contribution is -0.127. The van der Waals surface area contributed by atoms with Crippen molar-refractivity contribution >= 4 is 11.9 Å². The molecule has 1 aliphatic carbocycles. The van der Waals surface area contributed by atoms with Crippen molar-refractivity contribution in [2.24, 2.45) is 16.8 Å². The second-order valence-electron chi connectivity index (χ2n) is 8.05. The van der Waals surface area contributed by atoms with E-state index in [1.807, 2.05) is 0 Å². The fourth-order valence-electron chi connectivity index (χ4n) is 3.49. The largest absolute Gasteiger partial charge is 0.381 e. The molecule has 2 aliphatic rings. The Balaban J connectivity index is 1.72. The minimum atomic E-state index is 0.00917. The quantitative estimate of drug-likeness (QED) is 0.360. The molecule has 2 N–H and O–H groups in total. The first-order valence-corrected chi connectivity index (χ1v) is 10.5. The summed E-state index contributed by atoms with van der Waals surface area (Å²) < 4.78 is 11.1. The average molecular weight is 383 g/mol. The summed E-state index contributed by atoms with van der Waals surface area (Å²) in [5.41, 5.74) is 0. The Morgan fingerprint density at radius 1 is 1.26 bits per heavy atom. The van der Waals surface area contributed by atoms with E-state index in [-0.39, 0.29) is 12.5 Å². The number of nitrogens with zero attached hydrogens (tertiary/aromatic N) is 2. The van der Waals surface area contributed by atoms with E-state index in [0.717, 1.165) is 58.2 Å². The Morgan fingerprint density at radius 2 is 2.07 bits per heavy atom. The predicted octanol–water partition coefficient (Wildman–Crippen LogP) is 1.63. The summed E-state index contributed by atoms with van der Waals surface area (Å²) >= 11 is 0. The Morgan fingerprint density at radius 3 is 2.78 bits per heavy atom. The maximum absolute atomic E-state index is 11.9. The van der Waals surface area contributed by atoms with Gasteiger partial charge in [-0.3, -0.25) is 4.79 Å². The van der Waals surface area contributed by atoms with Crippen LogP contribution in [-0.4, -0.2) is 76.4 Å². The maximum atomic E-state index is 11.9. The average Bonchev–Trinajstić information content (AvgIpc) is 3.17. The number of likely N-dealkylation sites (N-methyl/N-ethyl adjacent to an activating group) is 1. The first kappa shape index (κ1) is 22.0. The molecule has 1 saturated carbocycles. The Bertz CT molecular complexity index is 464. The van der Waals surface area contributed by atoms with Gasteiger partial charge in [-0.25, -0.2) is 4.99 Å². The van der Waals surface area contributed by atoms with Gasteiger partial charge in [0.25, 0.3) is 0 Å². The summed E-state index contributed by atoms with van der Waals surface area (Å²) in [6, 6.07) is 0.429. The molecular weight excluding hydrogens is 344 g/mol. The van der Waals surface area contributed by atoms with Crippen LogP contribution < -0.4 is 10.6 Å². The lowest BCUT2D eigenvalue weighted by Gasteiger charge is -2.31. The summed E-state index contributed by atoms with van der Waals surface area (Å²) in [5, 5.41) is 6.92. The molecule has 3 unspecified atom stereocenters. The lowest BCUT2D eigenvalue weighted by atomic mass is 9.86. The van der Waals surface area contributed by atoms with Crippen molar-refractivity contribution in [3.8, 4) is 0 Å². The van der Waals surface area contributed by atoms with Crippen LogP contribution in [0, 0.1) is 11.8 Å². The van der Waals surface area contributed by atoms with Crippen molar-refractivity contribution in [3.05, 3.63) is 0 Å². The van der Waals surface area contributed by atoms with E-state index in [1.54, 1.807) is 19.0 Å². The number of hydrogen-bond acceptors (Lipinski definition) is 4. The molecule has 7 heteroatoms. The van der Waals surface area contributed by atoms with E-state index in [4.69, 9.17) is 9.47 Å². The van der Waals surface area contributed by atoms with Gasteiger partial charge in [0, 0.05) is 45.8 Å². The fraction of sp³-hybridized carbons (Fsp3) is 0.900. The number of carbonyl (C=O) groups excluding carboxylic acids is 1. The lowest BCUT2D eigenvalue weighted by Crippen LogP contribution is -2.48. The minimum Gasteiger partial charge on any atom is -0.381 e. The number of hydrogen-bond donors (Lipinski definition) is 2. The molecular formula is C20H38N4O3. The molecule has 0 aromatic carbocycles. The van der Waals surface area contributed by atoms with Crippen LogP contribution in [0.3, 0.4) is 0 Å². The van der Waals surface area contributed by atoms with Crippen molar-refractivity contribution in [1.29, 1.82) is 0 Å². The van der Waals surface area contributed by atoms with Gasteiger partial charge in [-0.2, -0.15) is 0 Å². The molecule has 0 aromatic heterocycles. The van der Waals surface area contributed by atoms with Crippen LogP contribution in [0.2, 0.25) is 0 Å². The predicted molar refractivity (Wildman–Crippen MR) is 108 cm³/mol. The van der Waals surface area contributed by atoms with E-state index >= 15 is 0 Å². The maximum Gasteiger partial charge on any atom is 0.243 e. The van der Waals surface area contributed by atoms with Crippen LogP contribution in [0.15, 0.2) is 4.99 Å². The first-order chi connectivity index (χ1) is 13.1. The first-order valence-electron chi connectivity index (χ1n) is 10.5. The monoisotopic (exact) mass is 382 g/mol. The van der Waals surface area contributed by atoms with Crippen LogP contribution >= 0.6 is 0 Å². The summed E-state index contributed by atoms with van der Waals surface area (Å²) in [4.78, 5) is 18.0. The number of aliphatic imine (C=N–C) groups is 1. The van der Waals surface area contributed by atoms with Crippen molar-refractivity contribution in [3.63, 3.8) is 0 Å². The van der Waals surface area contributed by atoms with Gasteiger partial charge in [0.15, 0.2) is 5.96 Å². The number of ether oxygens (including phenoxy) is 2. The van der Waals surface area contributed by atoms with Crippen molar-refractivity contribution in [2.45, 2.75) is 51.5 Å². The second-order valence-corrected chi connectivity index (χ2v) is 8.05. The standard InChI is InChI=1S/C20H38N4O3/c1-16-7-4-5-8-18(16)23-20(22-13-19(25)24(2)3)21-10-6-11-26-14-17-9-12-27-15-17/h16-18H,4-15H2,1-3H3,(H2,21,22,23). The van der Waals surface area contributed by atoms with Crippen LogP contribution in [0.25, 0.3) is 0 Å². The molecule has 1 amide bonds. The smallest absolute Gasteiger partial charge is 0.243 e. The van der Waals surface area contributed by atoms with E-state index in [9.17, 15) is 4.79 Å². The molecule has 0 bridgehead atoms. The molecule has 1 aliphatic heterocycles. The van der Waals surface area contributed by atoms with Gasteiger partial charge in [0.05, 0.1) is 13.2 Å². The van der Waals surface area contributed by atoms with Gasteiger partial charge in [-0.05, 0) is 31.6 Å². The number of carbonyl (C=O) groups is 1. The van der Waals surface area contributed by atoms with Crippen LogP contribution in [0.1, 0.15) is 45.4 Å². The fourth-order valence-corrected chi connectivity index (χ4v) is 3.49. The topological polar surface area (TPSA) is 75.2 Å². The van der Waals surface area contributed by atoms with Crippen molar-refractivity contribution in [2.75, 3.05) is 53.6 Å². The Labute approximate surface area is 164 Å². The highest BCUT2D eigenvalue weighted by Gasteiger charge is 2.22. The van der Waals surface area contributed by atoms with Gasteiger partial charge in [0.1, 0.15) is 6.54 Å². The number of amides is 1. The van der Waals surface area contributed by atoms with Crippen molar-refractivity contribution in [1.82, 2.24) is 15.5 Å². The molecule has 2 fully saturated rings. The van der Waals surface area contributed by atoms with Crippen LogP contribution in [-0.2, 0) is 14.3 Å². The van der Waals surface area contributed by atoms with Gasteiger partial charge in [-0.1, -0.05) is 19.8 Å². The van der Waals surface area contributed by atoms with E-state index < -0.39 is 0 Å². The normalized spacial score (nSPS) is 26.0. The zero-order valence-corrected chi connectivity index (χ0v) is 17.3. The highest BCUT2D eigenvalue weighted by Crippen LogP contribution is 2.23. The zero-order valence-electron chi connectivity index (χ0n) is 17.3.